The second-order valence-electron chi connectivity index (χ2n) is 3.01. The Balaban J connectivity index is 2.70. The van der Waals surface area contributed by atoms with Gasteiger partial charge in [0.15, 0.2) is 11.3 Å². The van der Waals surface area contributed by atoms with Crippen molar-refractivity contribution < 1.29 is 9.53 Å². The largest absolute Gasteiger partial charge is 0.464 e. The summed E-state index contributed by atoms with van der Waals surface area (Å²) < 4.78 is 6.95. The quantitative estimate of drug-likeness (QED) is 0.737. The van der Waals surface area contributed by atoms with Gasteiger partial charge in [0.05, 0.1) is 17.9 Å². The molecule has 2 rings (SSSR count). The number of aromatic nitrogens is 3. The molecule has 0 fully saturated rings. The molecule has 0 amide bonds. The van der Waals surface area contributed by atoms with Gasteiger partial charge in [-0.15, -0.1) is 0 Å². The number of pyridine rings is 1. The van der Waals surface area contributed by atoms with E-state index in [0.29, 0.717) is 10.1 Å². The molecule has 15 heavy (non-hydrogen) atoms. The second kappa shape index (κ2) is 3.62. The van der Waals surface area contributed by atoms with E-state index in [4.69, 9.17) is 0 Å². The zero-order valence-electron chi connectivity index (χ0n) is 8.19. The van der Waals surface area contributed by atoms with E-state index in [-0.39, 0.29) is 5.69 Å². The topological polar surface area (TPSA) is 57.0 Å². The number of carbonyl (C=O) groups is 1. The first-order valence-electron chi connectivity index (χ1n) is 4.19. The molecule has 2 heterocycles. The highest BCUT2D eigenvalue weighted by atomic mass is 79.9. The van der Waals surface area contributed by atoms with Gasteiger partial charge in [-0.05, 0) is 22.0 Å². The fraction of sp³-hybridized carbons (Fsp3) is 0.222. The third-order valence-corrected chi connectivity index (χ3v) is 2.62. The number of aryl methyl sites for hydroxylation is 1. The van der Waals surface area contributed by atoms with Crippen molar-refractivity contribution >= 4 is 33.1 Å². The van der Waals surface area contributed by atoms with Crippen molar-refractivity contribution in [3.63, 3.8) is 0 Å². The van der Waals surface area contributed by atoms with E-state index in [2.05, 4.69) is 30.6 Å². The van der Waals surface area contributed by atoms with E-state index in [1.54, 1.807) is 17.0 Å². The normalized spacial score (nSPS) is 10.6. The number of ether oxygens (including phenoxy) is 1. The van der Waals surface area contributed by atoms with Crippen molar-refractivity contribution in [2.75, 3.05) is 7.11 Å². The first-order chi connectivity index (χ1) is 7.13. The van der Waals surface area contributed by atoms with E-state index in [1.807, 2.05) is 7.05 Å². The zero-order chi connectivity index (χ0) is 11.0. The smallest absolute Gasteiger partial charge is 0.357 e. The summed E-state index contributed by atoms with van der Waals surface area (Å²) in [5.74, 6) is -0.468. The van der Waals surface area contributed by atoms with E-state index < -0.39 is 5.97 Å². The molecule has 6 heteroatoms. The lowest BCUT2D eigenvalue weighted by molar-refractivity contribution is 0.0593. The Hall–Kier alpha value is -1.43. The summed E-state index contributed by atoms with van der Waals surface area (Å²) in [5, 5.41) is 0. The maximum Gasteiger partial charge on any atom is 0.357 e. The van der Waals surface area contributed by atoms with E-state index in [0.717, 1.165) is 5.52 Å². The van der Waals surface area contributed by atoms with Crippen molar-refractivity contribution in [3.8, 4) is 0 Å². The summed E-state index contributed by atoms with van der Waals surface area (Å²) in [7, 11) is 3.14. The van der Waals surface area contributed by atoms with Gasteiger partial charge in [0.1, 0.15) is 5.52 Å². The number of rotatable bonds is 1. The summed E-state index contributed by atoms with van der Waals surface area (Å²) in [6, 6.07) is 1.74. The summed E-state index contributed by atoms with van der Waals surface area (Å²) in [5.41, 5.74) is 1.64. The molecule has 78 valence electrons. The number of hydrogen-bond acceptors (Lipinski definition) is 4. The van der Waals surface area contributed by atoms with Crippen LogP contribution in [-0.4, -0.2) is 27.6 Å². The van der Waals surface area contributed by atoms with Gasteiger partial charge < -0.3 is 9.30 Å². The number of nitrogens with zero attached hydrogens (tertiary/aromatic N) is 3. The highest BCUT2D eigenvalue weighted by Crippen LogP contribution is 2.20. The Kier molecular flexibility index (Phi) is 2.44. The molecule has 0 aliphatic rings. The van der Waals surface area contributed by atoms with E-state index in [1.165, 1.54) is 7.11 Å². The molecule has 0 aromatic carbocycles. The molecular formula is C9H8BrN3O2. The van der Waals surface area contributed by atoms with Crippen molar-refractivity contribution in [1.29, 1.82) is 0 Å². The first kappa shape index (κ1) is 10.1. The number of fused-ring (bicyclic) bond motifs is 1. The Morgan fingerprint density at radius 3 is 3.00 bits per heavy atom. The highest BCUT2D eigenvalue weighted by molar-refractivity contribution is 9.10. The predicted octanol–water partition coefficient (Wildman–Crippen LogP) is 1.52. The van der Waals surface area contributed by atoms with Crippen LogP contribution in [0.5, 0.6) is 0 Å². The molecule has 0 aliphatic carbocycles. The van der Waals surface area contributed by atoms with Gasteiger partial charge in [0.2, 0.25) is 0 Å². The molecule has 5 nitrogen and oxygen atoms in total. The van der Waals surface area contributed by atoms with Crippen molar-refractivity contribution in [2.24, 2.45) is 7.05 Å². The van der Waals surface area contributed by atoms with Gasteiger partial charge in [-0.25, -0.2) is 14.8 Å². The van der Waals surface area contributed by atoms with Crippen molar-refractivity contribution in [2.45, 2.75) is 0 Å². The van der Waals surface area contributed by atoms with E-state index in [9.17, 15) is 4.79 Å². The minimum atomic E-state index is -0.468. The van der Waals surface area contributed by atoms with Crippen LogP contribution in [-0.2, 0) is 11.8 Å². The Morgan fingerprint density at radius 2 is 2.33 bits per heavy atom. The van der Waals surface area contributed by atoms with Gasteiger partial charge >= 0.3 is 5.97 Å². The standard InChI is InChI=1S/C9H8BrN3O2/c1-13-4-11-6-3-5(10)7(9(14)15-2)12-8(6)13/h3-4H,1-2H3. The van der Waals surface area contributed by atoms with Gasteiger partial charge in [0, 0.05) is 7.05 Å². The third-order valence-electron chi connectivity index (χ3n) is 2.02. The van der Waals surface area contributed by atoms with Crippen LogP contribution in [0.2, 0.25) is 0 Å². The number of esters is 1. The molecule has 2 aromatic rings. The number of hydrogen-bond donors (Lipinski definition) is 0. The van der Waals surface area contributed by atoms with Crippen molar-refractivity contribution in [1.82, 2.24) is 14.5 Å². The Bertz CT molecular complexity index is 535. The average Bonchev–Trinajstić information content (AvgIpc) is 2.58. The molecular weight excluding hydrogens is 262 g/mol. The number of carbonyl (C=O) groups excluding carboxylic acids is 1. The fourth-order valence-electron chi connectivity index (χ4n) is 1.27. The van der Waals surface area contributed by atoms with Crippen LogP contribution in [0.4, 0.5) is 0 Å². The molecule has 0 atom stereocenters. The lowest BCUT2D eigenvalue weighted by Gasteiger charge is -2.01. The highest BCUT2D eigenvalue weighted by Gasteiger charge is 2.15. The minimum Gasteiger partial charge on any atom is -0.464 e. The van der Waals surface area contributed by atoms with Crippen LogP contribution in [0.1, 0.15) is 10.5 Å². The van der Waals surface area contributed by atoms with Crippen molar-refractivity contribution in [3.05, 3.63) is 22.6 Å². The van der Waals surface area contributed by atoms with E-state index >= 15 is 0 Å². The monoisotopic (exact) mass is 269 g/mol. The lowest BCUT2D eigenvalue weighted by Crippen LogP contribution is -2.06. The molecule has 0 saturated heterocycles. The molecule has 0 saturated carbocycles. The fourth-order valence-corrected chi connectivity index (χ4v) is 1.73. The summed E-state index contributed by atoms with van der Waals surface area (Å²) in [4.78, 5) is 19.7. The minimum absolute atomic E-state index is 0.258. The van der Waals surface area contributed by atoms with Crippen LogP contribution in [0.15, 0.2) is 16.9 Å². The van der Waals surface area contributed by atoms with Gasteiger partial charge in [0.25, 0.3) is 0 Å². The second-order valence-corrected chi connectivity index (χ2v) is 3.86. The number of methoxy groups -OCH3 is 1. The first-order valence-corrected chi connectivity index (χ1v) is 4.98. The van der Waals surface area contributed by atoms with Crippen LogP contribution >= 0.6 is 15.9 Å². The predicted molar refractivity (Wildman–Crippen MR) is 57.5 cm³/mol. The van der Waals surface area contributed by atoms with Crippen LogP contribution in [0.25, 0.3) is 11.2 Å². The molecule has 0 unspecified atom stereocenters. The molecule has 2 aromatic heterocycles. The summed E-state index contributed by atoms with van der Waals surface area (Å²) in [6.07, 6.45) is 1.64. The summed E-state index contributed by atoms with van der Waals surface area (Å²) in [6.45, 7) is 0. The number of imidazole rings is 1. The van der Waals surface area contributed by atoms with Crippen LogP contribution < -0.4 is 0 Å². The van der Waals surface area contributed by atoms with Gasteiger partial charge in [-0.1, -0.05) is 0 Å². The van der Waals surface area contributed by atoms with Crippen LogP contribution in [0.3, 0.4) is 0 Å². The zero-order valence-corrected chi connectivity index (χ0v) is 9.78. The SMILES string of the molecule is COC(=O)c1nc2c(cc1Br)ncn2C. The molecule has 0 bridgehead atoms. The maximum atomic E-state index is 11.4. The Morgan fingerprint density at radius 1 is 1.60 bits per heavy atom. The molecule has 0 N–H and O–H groups in total. The molecule has 0 spiro atoms. The van der Waals surface area contributed by atoms with Gasteiger partial charge in [-0.2, -0.15) is 0 Å². The summed E-state index contributed by atoms with van der Waals surface area (Å²) >= 11 is 3.26. The molecule has 0 aliphatic heterocycles. The lowest BCUT2D eigenvalue weighted by atomic mass is 10.3. The number of halogens is 1. The maximum absolute atomic E-state index is 11.4. The third kappa shape index (κ3) is 1.61. The Labute approximate surface area is 94.2 Å². The molecule has 0 radical (unpaired) electrons. The average molecular weight is 270 g/mol. The van der Waals surface area contributed by atoms with Crippen LogP contribution in [0, 0.1) is 0 Å². The van der Waals surface area contributed by atoms with Gasteiger partial charge in [-0.3, -0.25) is 0 Å².